The summed E-state index contributed by atoms with van der Waals surface area (Å²) in [6.07, 6.45) is 5.24. The molecule has 6 heteroatoms. The van der Waals surface area contributed by atoms with Gasteiger partial charge in [0.2, 0.25) is 5.65 Å². The van der Waals surface area contributed by atoms with Crippen LogP contribution >= 0.6 is 15.9 Å². The van der Waals surface area contributed by atoms with Crippen molar-refractivity contribution < 1.29 is 0 Å². The zero-order valence-electron chi connectivity index (χ0n) is 9.26. The number of anilines is 1. The van der Waals surface area contributed by atoms with Crippen molar-refractivity contribution in [2.75, 3.05) is 10.6 Å². The van der Waals surface area contributed by atoms with E-state index >= 15 is 0 Å². The number of halogens is 1. The molecule has 2 rings (SSSR count). The van der Waals surface area contributed by atoms with E-state index in [9.17, 15) is 0 Å². The van der Waals surface area contributed by atoms with Gasteiger partial charge < -0.3 is 5.32 Å². The van der Waals surface area contributed by atoms with E-state index in [1.54, 1.807) is 12.5 Å². The lowest BCUT2D eigenvalue weighted by molar-refractivity contribution is 0.571. The van der Waals surface area contributed by atoms with E-state index < -0.39 is 0 Å². The Labute approximate surface area is 102 Å². The van der Waals surface area contributed by atoms with Crippen LogP contribution < -0.4 is 5.32 Å². The number of aromatic nitrogens is 4. The molecule has 0 saturated heterocycles. The Balaban J connectivity index is 2.23. The van der Waals surface area contributed by atoms with Gasteiger partial charge in [-0.3, -0.25) is 4.40 Å². The predicted octanol–water partition coefficient (Wildman–Crippen LogP) is 1.96. The molecule has 0 aliphatic rings. The second-order valence-electron chi connectivity index (χ2n) is 3.90. The molecule has 0 aromatic carbocycles. The van der Waals surface area contributed by atoms with Crippen LogP contribution in [0.1, 0.15) is 13.8 Å². The van der Waals surface area contributed by atoms with Crippen molar-refractivity contribution in [1.82, 2.24) is 19.6 Å². The van der Waals surface area contributed by atoms with Gasteiger partial charge in [-0.15, -0.1) is 10.2 Å². The first-order valence-corrected chi connectivity index (χ1v) is 6.31. The molecule has 2 aromatic rings. The number of hydrogen-bond acceptors (Lipinski definition) is 4. The maximum atomic E-state index is 4.29. The van der Waals surface area contributed by atoms with Gasteiger partial charge in [0, 0.05) is 23.8 Å². The molecule has 5 nitrogen and oxygen atoms in total. The van der Waals surface area contributed by atoms with E-state index in [-0.39, 0.29) is 0 Å². The van der Waals surface area contributed by atoms with Crippen LogP contribution in [0.5, 0.6) is 0 Å². The van der Waals surface area contributed by atoms with Crippen molar-refractivity contribution in [3.8, 4) is 0 Å². The number of fused-ring (bicyclic) bond motifs is 1. The molecule has 2 aromatic heterocycles. The van der Waals surface area contributed by atoms with E-state index in [1.165, 1.54) is 0 Å². The lowest BCUT2D eigenvalue weighted by Gasteiger charge is -2.19. The molecule has 2 unspecified atom stereocenters. The third-order valence-electron chi connectivity index (χ3n) is 2.68. The number of nitrogens with one attached hydrogen (secondary N) is 1. The van der Waals surface area contributed by atoms with Gasteiger partial charge in [-0.2, -0.15) is 0 Å². The van der Waals surface area contributed by atoms with Crippen LogP contribution in [0.3, 0.4) is 0 Å². The van der Waals surface area contributed by atoms with Crippen LogP contribution in [0, 0.1) is 5.92 Å². The molecule has 1 N–H and O–H groups in total. The number of nitrogens with zero attached hydrogens (tertiary/aromatic N) is 4. The summed E-state index contributed by atoms with van der Waals surface area (Å²) in [4.78, 5) is 4.29. The third-order valence-corrected chi connectivity index (χ3v) is 3.70. The minimum atomic E-state index is 0.328. The summed E-state index contributed by atoms with van der Waals surface area (Å²) in [7, 11) is 0. The van der Waals surface area contributed by atoms with Crippen molar-refractivity contribution in [1.29, 1.82) is 0 Å². The van der Waals surface area contributed by atoms with E-state index in [0.717, 1.165) is 16.8 Å². The highest BCUT2D eigenvalue weighted by atomic mass is 79.9. The SMILES string of the molecule is CC(CBr)C(C)Nc1nccn2cnnc12. The summed E-state index contributed by atoms with van der Waals surface area (Å²) < 4.78 is 1.85. The fourth-order valence-electron chi connectivity index (χ4n) is 1.35. The normalized spacial score (nSPS) is 14.9. The first kappa shape index (κ1) is 11.3. The molecule has 0 fully saturated rings. The predicted molar refractivity (Wildman–Crippen MR) is 66.8 cm³/mol. The van der Waals surface area contributed by atoms with E-state index in [0.29, 0.717) is 12.0 Å². The van der Waals surface area contributed by atoms with Gasteiger partial charge in [0.05, 0.1) is 0 Å². The van der Waals surface area contributed by atoms with Gasteiger partial charge in [-0.1, -0.05) is 22.9 Å². The lowest BCUT2D eigenvalue weighted by Crippen LogP contribution is -2.25. The molecule has 16 heavy (non-hydrogen) atoms. The van der Waals surface area contributed by atoms with Crippen LogP contribution in [-0.4, -0.2) is 31.0 Å². The van der Waals surface area contributed by atoms with Gasteiger partial charge in [0.15, 0.2) is 5.82 Å². The first-order chi connectivity index (χ1) is 7.72. The summed E-state index contributed by atoms with van der Waals surface area (Å²) in [6, 6.07) is 0.328. The zero-order valence-corrected chi connectivity index (χ0v) is 10.8. The topological polar surface area (TPSA) is 55.1 Å². The Kier molecular flexibility index (Phi) is 3.38. The van der Waals surface area contributed by atoms with E-state index in [2.05, 4.69) is 50.3 Å². The molecule has 0 radical (unpaired) electrons. The van der Waals surface area contributed by atoms with Gasteiger partial charge in [-0.25, -0.2) is 4.98 Å². The van der Waals surface area contributed by atoms with Crippen molar-refractivity contribution in [3.05, 3.63) is 18.7 Å². The molecular formula is C10H14BrN5. The molecule has 0 spiro atoms. The van der Waals surface area contributed by atoms with E-state index in [4.69, 9.17) is 0 Å². The minimum absolute atomic E-state index is 0.328. The largest absolute Gasteiger partial charge is 0.364 e. The van der Waals surface area contributed by atoms with Crippen LogP contribution in [0.2, 0.25) is 0 Å². The fraction of sp³-hybridized carbons (Fsp3) is 0.500. The highest BCUT2D eigenvalue weighted by Crippen LogP contribution is 2.15. The van der Waals surface area contributed by atoms with Crippen molar-refractivity contribution in [2.45, 2.75) is 19.9 Å². The van der Waals surface area contributed by atoms with Gasteiger partial charge in [-0.05, 0) is 12.8 Å². The maximum Gasteiger partial charge on any atom is 0.203 e. The first-order valence-electron chi connectivity index (χ1n) is 5.19. The maximum absolute atomic E-state index is 4.29. The minimum Gasteiger partial charge on any atom is -0.364 e. The third kappa shape index (κ3) is 2.16. The summed E-state index contributed by atoms with van der Waals surface area (Å²) in [5.41, 5.74) is 0.760. The average Bonchev–Trinajstić information content (AvgIpc) is 2.77. The van der Waals surface area contributed by atoms with Gasteiger partial charge in [0.25, 0.3) is 0 Å². The Morgan fingerprint density at radius 3 is 3.06 bits per heavy atom. The average molecular weight is 284 g/mol. The highest BCUT2D eigenvalue weighted by Gasteiger charge is 2.13. The molecule has 0 amide bonds. The number of rotatable bonds is 4. The molecule has 0 aliphatic carbocycles. The van der Waals surface area contributed by atoms with Crippen LogP contribution in [-0.2, 0) is 0 Å². The monoisotopic (exact) mass is 283 g/mol. The van der Waals surface area contributed by atoms with Crippen molar-refractivity contribution in [3.63, 3.8) is 0 Å². The standard InChI is InChI=1S/C10H14BrN5/c1-7(5-11)8(2)14-9-10-15-13-6-16(10)4-3-12-9/h3-4,6-8H,5H2,1-2H3,(H,12,14). The smallest absolute Gasteiger partial charge is 0.203 e. The molecule has 2 heterocycles. The summed E-state index contributed by atoms with van der Waals surface area (Å²) in [5.74, 6) is 1.30. The van der Waals surface area contributed by atoms with Crippen molar-refractivity contribution >= 4 is 27.4 Å². The second kappa shape index (κ2) is 4.78. The summed E-state index contributed by atoms with van der Waals surface area (Å²) in [5, 5.41) is 12.2. The summed E-state index contributed by atoms with van der Waals surface area (Å²) >= 11 is 3.48. The number of alkyl halides is 1. The Hall–Kier alpha value is -1.17. The van der Waals surface area contributed by atoms with Gasteiger partial charge in [0.1, 0.15) is 6.33 Å². The zero-order chi connectivity index (χ0) is 11.5. The summed E-state index contributed by atoms with van der Waals surface area (Å²) in [6.45, 7) is 4.31. The molecule has 86 valence electrons. The molecular weight excluding hydrogens is 270 g/mol. The quantitative estimate of drug-likeness (QED) is 0.872. The second-order valence-corrected chi connectivity index (χ2v) is 4.55. The van der Waals surface area contributed by atoms with E-state index in [1.807, 2.05) is 10.6 Å². The molecule has 0 saturated carbocycles. The van der Waals surface area contributed by atoms with Crippen LogP contribution in [0.15, 0.2) is 18.7 Å². The lowest BCUT2D eigenvalue weighted by atomic mass is 10.1. The Bertz CT molecular complexity index is 469. The van der Waals surface area contributed by atoms with Gasteiger partial charge >= 0.3 is 0 Å². The van der Waals surface area contributed by atoms with Crippen molar-refractivity contribution in [2.24, 2.45) is 5.92 Å². The molecule has 0 aliphatic heterocycles. The van der Waals surface area contributed by atoms with Crippen LogP contribution in [0.4, 0.5) is 5.82 Å². The molecule has 0 bridgehead atoms. The van der Waals surface area contributed by atoms with Crippen LogP contribution in [0.25, 0.3) is 5.65 Å². The fourth-order valence-corrected chi connectivity index (χ4v) is 1.91. The Morgan fingerprint density at radius 2 is 2.31 bits per heavy atom. The number of hydrogen-bond donors (Lipinski definition) is 1. The molecule has 2 atom stereocenters. The Morgan fingerprint density at radius 1 is 1.50 bits per heavy atom. The highest BCUT2D eigenvalue weighted by molar-refractivity contribution is 9.09.